The molecule has 1 heterocycles. The van der Waals surface area contributed by atoms with Crippen molar-refractivity contribution in [3.05, 3.63) is 34.2 Å². The number of nitrogens with two attached hydrogens (primary N) is 1. The van der Waals surface area contributed by atoms with Crippen LogP contribution in [0.1, 0.15) is 22.4 Å². The zero-order chi connectivity index (χ0) is 14.7. The van der Waals surface area contributed by atoms with Crippen LogP contribution in [0.25, 0.3) is 11.3 Å². The summed E-state index contributed by atoms with van der Waals surface area (Å²) < 4.78 is 0. The molecule has 2 rings (SSSR count). The van der Waals surface area contributed by atoms with Crippen LogP contribution >= 0.6 is 11.3 Å². The molecule has 1 aromatic heterocycles. The number of rotatable bonds is 4. The fourth-order valence-electron chi connectivity index (χ4n) is 1.92. The van der Waals surface area contributed by atoms with E-state index in [9.17, 15) is 4.79 Å². The van der Waals surface area contributed by atoms with Gasteiger partial charge in [0.25, 0.3) is 0 Å². The van der Waals surface area contributed by atoms with Crippen molar-refractivity contribution in [3.63, 3.8) is 0 Å². The second-order valence-corrected chi connectivity index (χ2v) is 6.01. The van der Waals surface area contributed by atoms with E-state index >= 15 is 0 Å². The molecule has 0 fully saturated rings. The van der Waals surface area contributed by atoms with Gasteiger partial charge in [-0.05, 0) is 38.0 Å². The van der Waals surface area contributed by atoms with Crippen LogP contribution in [-0.2, 0) is 4.79 Å². The third kappa shape index (κ3) is 3.23. The van der Waals surface area contributed by atoms with Gasteiger partial charge in [0, 0.05) is 23.4 Å². The first-order chi connectivity index (χ1) is 9.51. The number of hydrogen-bond donors (Lipinski definition) is 2. The molecule has 0 aliphatic rings. The Labute approximate surface area is 123 Å². The highest BCUT2D eigenvalue weighted by atomic mass is 32.1. The SMILES string of the molecule is Cc1ccc(-c2nc(NC(=O)CCN)sc2C)cc1C. The van der Waals surface area contributed by atoms with E-state index < -0.39 is 0 Å². The minimum atomic E-state index is -0.0899. The number of amides is 1. The number of aromatic nitrogens is 1. The molecule has 0 radical (unpaired) electrons. The van der Waals surface area contributed by atoms with Gasteiger partial charge in [0.15, 0.2) is 5.13 Å². The zero-order valence-electron chi connectivity index (χ0n) is 12.0. The topological polar surface area (TPSA) is 68.0 Å². The van der Waals surface area contributed by atoms with Gasteiger partial charge in [-0.1, -0.05) is 12.1 Å². The van der Waals surface area contributed by atoms with E-state index in [-0.39, 0.29) is 5.91 Å². The summed E-state index contributed by atoms with van der Waals surface area (Å²) in [6.07, 6.45) is 0.317. The largest absolute Gasteiger partial charge is 0.330 e. The number of carbonyl (C=O) groups excluding carboxylic acids is 1. The fourth-order valence-corrected chi connectivity index (χ4v) is 2.77. The number of benzene rings is 1. The molecule has 0 bridgehead atoms. The molecule has 0 spiro atoms. The van der Waals surface area contributed by atoms with Gasteiger partial charge in [0.05, 0.1) is 5.69 Å². The number of anilines is 1. The maximum Gasteiger partial charge on any atom is 0.227 e. The van der Waals surface area contributed by atoms with Gasteiger partial charge in [-0.3, -0.25) is 4.79 Å². The van der Waals surface area contributed by atoms with E-state index in [4.69, 9.17) is 5.73 Å². The molecule has 1 amide bonds. The standard InChI is InChI=1S/C15H19N3OS/c1-9-4-5-12(8-10(9)2)14-11(3)20-15(18-14)17-13(19)6-7-16/h4-5,8H,6-7,16H2,1-3H3,(H,17,18,19). The number of aryl methyl sites for hydroxylation is 3. The van der Waals surface area contributed by atoms with Gasteiger partial charge in [-0.25, -0.2) is 4.98 Å². The van der Waals surface area contributed by atoms with Crippen molar-refractivity contribution in [3.8, 4) is 11.3 Å². The maximum absolute atomic E-state index is 11.5. The van der Waals surface area contributed by atoms with Crippen molar-refractivity contribution in [2.24, 2.45) is 5.73 Å². The monoisotopic (exact) mass is 289 g/mol. The number of thiazole rings is 1. The lowest BCUT2D eigenvalue weighted by Gasteiger charge is -2.03. The number of carbonyl (C=O) groups is 1. The summed E-state index contributed by atoms with van der Waals surface area (Å²) in [5, 5.41) is 3.42. The molecular weight excluding hydrogens is 270 g/mol. The number of nitrogens with one attached hydrogen (secondary N) is 1. The fraction of sp³-hybridized carbons (Fsp3) is 0.333. The molecule has 20 heavy (non-hydrogen) atoms. The Morgan fingerprint density at radius 1 is 1.30 bits per heavy atom. The molecular formula is C15H19N3OS. The molecule has 106 valence electrons. The Bertz CT molecular complexity index is 634. The van der Waals surface area contributed by atoms with E-state index in [1.54, 1.807) is 0 Å². The van der Waals surface area contributed by atoms with Gasteiger partial charge >= 0.3 is 0 Å². The molecule has 0 aliphatic heterocycles. The predicted molar refractivity (Wildman–Crippen MR) is 84.1 cm³/mol. The van der Waals surface area contributed by atoms with E-state index in [0.717, 1.165) is 16.1 Å². The first-order valence-corrected chi connectivity index (χ1v) is 7.38. The number of hydrogen-bond acceptors (Lipinski definition) is 4. The van der Waals surface area contributed by atoms with Gasteiger partial charge in [0.2, 0.25) is 5.91 Å². The van der Waals surface area contributed by atoms with E-state index in [2.05, 4.69) is 42.3 Å². The molecule has 0 saturated carbocycles. The summed E-state index contributed by atoms with van der Waals surface area (Å²) in [6, 6.07) is 6.29. The van der Waals surface area contributed by atoms with Gasteiger partial charge in [0.1, 0.15) is 0 Å². The molecule has 0 aliphatic carbocycles. The van der Waals surface area contributed by atoms with Crippen molar-refractivity contribution in [1.82, 2.24) is 4.98 Å². The predicted octanol–water partition coefficient (Wildman–Crippen LogP) is 3.02. The lowest BCUT2D eigenvalue weighted by molar-refractivity contribution is -0.116. The van der Waals surface area contributed by atoms with Crippen LogP contribution in [0.2, 0.25) is 0 Å². The molecule has 0 unspecified atom stereocenters. The zero-order valence-corrected chi connectivity index (χ0v) is 12.8. The molecule has 4 nitrogen and oxygen atoms in total. The van der Waals surface area contributed by atoms with Crippen molar-refractivity contribution in [2.75, 3.05) is 11.9 Å². The quantitative estimate of drug-likeness (QED) is 0.909. The lowest BCUT2D eigenvalue weighted by atomic mass is 10.0. The summed E-state index contributed by atoms with van der Waals surface area (Å²) in [7, 11) is 0. The summed E-state index contributed by atoms with van der Waals surface area (Å²) >= 11 is 1.49. The Hall–Kier alpha value is -1.72. The Morgan fingerprint density at radius 3 is 2.70 bits per heavy atom. The second-order valence-electron chi connectivity index (χ2n) is 4.81. The van der Waals surface area contributed by atoms with Crippen molar-refractivity contribution >= 4 is 22.4 Å². The van der Waals surface area contributed by atoms with Crippen molar-refractivity contribution in [2.45, 2.75) is 27.2 Å². The summed E-state index contributed by atoms with van der Waals surface area (Å²) in [4.78, 5) is 17.2. The van der Waals surface area contributed by atoms with Crippen LogP contribution in [0.3, 0.4) is 0 Å². The van der Waals surface area contributed by atoms with Crippen LogP contribution in [0.15, 0.2) is 18.2 Å². The highest BCUT2D eigenvalue weighted by molar-refractivity contribution is 7.16. The van der Waals surface area contributed by atoms with E-state index in [1.807, 2.05) is 6.92 Å². The van der Waals surface area contributed by atoms with Crippen LogP contribution in [0, 0.1) is 20.8 Å². The van der Waals surface area contributed by atoms with Gasteiger partial charge in [-0.15, -0.1) is 11.3 Å². The van der Waals surface area contributed by atoms with Gasteiger partial charge < -0.3 is 11.1 Å². The average molecular weight is 289 g/mol. The first-order valence-electron chi connectivity index (χ1n) is 6.56. The highest BCUT2D eigenvalue weighted by Crippen LogP contribution is 2.31. The van der Waals surface area contributed by atoms with Crippen LogP contribution in [0.5, 0.6) is 0 Å². The minimum absolute atomic E-state index is 0.0899. The third-order valence-corrected chi connectivity index (χ3v) is 4.08. The molecule has 2 aromatic rings. The molecule has 1 aromatic carbocycles. The Kier molecular flexibility index (Phi) is 4.52. The Balaban J connectivity index is 2.27. The first kappa shape index (κ1) is 14.7. The normalized spacial score (nSPS) is 10.6. The Morgan fingerprint density at radius 2 is 2.05 bits per heavy atom. The van der Waals surface area contributed by atoms with Crippen molar-refractivity contribution < 1.29 is 4.79 Å². The third-order valence-electron chi connectivity index (χ3n) is 3.19. The summed E-state index contributed by atoms with van der Waals surface area (Å²) in [5.41, 5.74) is 9.88. The smallest absolute Gasteiger partial charge is 0.227 e. The minimum Gasteiger partial charge on any atom is -0.330 e. The van der Waals surface area contributed by atoms with Crippen LogP contribution in [0.4, 0.5) is 5.13 Å². The van der Waals surface area contributed by atoms with E-state index in [0.29, 0.717) is 18.1 Å². The highest BCUT2D eigenvalue weighted by Gasteiger charge is 2.12. The molecule has 5 heteroatoms. The average Bonchev–Trinajstić information content (AvgIpc) is 2.74. The van der Waals surface area contributed by atoms with E-state index in [1.165, 1.54) is 22.5 Å². The van der Waals surface area contributed by atoms with Crippen molar-refractivity contribution in [1.29, 1.82) is 0 Å². The summed E-state index contributed by atoms with van der Waals surface area (Å²) in [6.45, 7) is 6.54. The van der Waals surface area contributed by atoms with Crippen LogP contribution < -0.4 is 11.1 Å². The molecule has 0 saturated heterocycles. The summed E-state index contributed by atoms with van der Waals surface area (Å²) in [5.74, 6) is -0.0899. The molecule has 0 atom stereocenters. The van der Waals surface area contributed by atoms with Gasteiger partial charge in [-0.2, -0.15) is 0 Å². The number of nitrogens with zero attached hydrogens (tertiary/aromatic N) is 1. The van der Waals surface area contributed by atoms with Crippen LogP contribution in [-0.4, -0.2) is 17.4 Å². The maximum atomic E-state index is 11.5. The lowest BCUT2D eigenvalue weighted by Crippen LogP contribution is -2.15. The molecule has 3 N–H and O–H groups in total. The second kappa shape index (κ2) is 6.15.